The molecule has 0 aliphatic carbocycles. The molecule has 0 aliphatic rings. The highest BCUT2D eigenvalue weighted by Crippen LogP contribution is 2.18. The van der Waals surface area contributed by atoms with E-state index in [2.05, 4.69) is 47.8 Å². The Balaban J connectivity index is 3.58. The zero-order chi connectivity index (χ0) is 7.44. The van der Waals surface area contributed by atoms with Crippen LogP contribution in [0.15, 0.2) is 0 Å². The summed E-state index contributed by atoms with van der Waals surface area (Å²) in [7, 11) is 0. The first-order chi connectivity index (χ1) is 4.09. The molecular formula is C4H7Br3O2. The zero-order valence-electron chi connectivity index (χ0n) is 4.47. The van der Waals surface area contributed by atoms with Crippen molar-refractivity contribution in [3.63, 3.8) is 0 Å². The van der Waals surface area contributed by atoms with Crippen LogP contribution in [-0.2, 0) is 0 Å². The molecule has 2 nitrogen and oxygen atoms in total. The quantitative estimate of drug-likeness (QED) is 0.605. The van der Waals surface area contributed by atoms with Crippen LogP contribution in [0.2, 0.25) is 0 Å². The summed E-state index contributed by atoms with van der Waals surface area (Å²) in [5.74, 6) is 0. The van der Waals surface area contributed by atoms with Gasteiger partial charge in [0, 0.05) is 10.2 Å². The van der Waals surface area contributed by atoms with E-state index in [9.17, 15) is 0 Å². The predicted molar refractivity (Wildman–Crippen MR) is 47.4 cm³/mol. The topological polar surface area (TPSA) is 40.5 Å². The fourth-order valence-corrected chi connectivity index (χ4v) is 1.64. The fourth-order valence-electron chi connectivity index (χ4n) is 0.272. The second-order valence-electron chi connectivity index (χ2n) is 1.53. The molecule has 2 unspecified atom stereocenters. The average Bonchev–Trinajstić information content (AvgIpc) is 1.84. The van der Waals surface area contributed by atoms with Gasteiger partial charge >= 0.3 is 0 Å². The number of alkyl halides is 3. The first kappa shape index (κ1) is 10.4. The van der Waals surface area contributed by atoms with Crippen LogP contribution < -0.4 is 0 Å². The van der Waals surface area contributed by atoms with E-state index in [0.29, 0.717) is 5.33 Å². The summed E-state index contributed by atoms with van der Waals surface area (Å²) in [4.78, 5) is -0.283. The second kappa shape index (κ2) is 5.07. The van der Waals surface area contributed by atoms with Crippen molar-refractivity contribution >= 4 is 47.8 Å². The minimum atomic E-state index is -1.31. The highest BCUT2D eigenvalue weighted by Gasteiger charge is 2.20. The SMILES string of the molecule is OC(O)C(Br)C(Br)CBr. The Hall–Kier alpha value is 1.36. The molecule has 2 N–H and O–H groups in total. The molecule has 0 saturated heterocycles. The van der Waals surface area contributed by atoms with Gasteiger partial charge in [0.1, 0.15) is 0 Å². The van der Waals surface area contributed by atoms with Crippen LogP contribution in [0.4, 0.5) is 0 Å². The third-order valence-electron chi connectivity index (χ3n) is 0.778. The average molecular weight is 327 g/mol. The lowest BCUT2D eigenvalue weighted by molar-refractivity contribution is -0.0374. The van der Waals surface area contributed by atoms with Gasteiger partial charge in [-0.15, -0.1) is 0 Å². The van der Waals surface area contributed by atoms with Crippen LogP contribution in [0, 0.1) is 0 Å². The summed E-state index contributed by atoms with van der Waals surface area (Å²) < 4.78 is 0. The van der Waals surface area contributed by atoms with Crippen molar-refractivity contribution < 1.29 is 10.2 Å². The van der Waals surface area contributed by atoms with Gasteiger partial charge in [-0.05, 0) is 0 Å². The molecule has 9 heavy (non-hydrogen) atoms. The first-order valence-electron chi connectivity index (χ1n) is 2.30. The molecule has 0 aromatic carbocycles. The van der Waals surface area contributed by atoms with Crippen LogP contribution in [0.1, 0.15) is 0 Å². The summed E-state index contributed by atoms with van der Waals surface area (Å²) in [6.07, 6.45) is -1.31. The molecule has 0 fully saturated rings. The van der Waals surface area contributed by atoms with E-state index < -0.39 is 6.29 Å². The van der Waals surface area contributed by atoms with Gasteiger partial charge in [0.25, 0.3) is 0 Å². The van der Waals surface area contributed by atoms with E-state index in [4.69, 9.17) is 10.2 Å². The van der Waals surface area contributed by atoms with Crippen LogP contribution >= 0.6 is 47.8 Å². The summed E-state index contributed by atoms with van der Waals surface area (Å²) >= 11 is 9.50. The normalized spacial score (nSPS) is 18.0. The highest BCUT2D eigenvalue weighted by molar-refractivity contribution is 9.13. The van der Waals surface area contributed by atoms with Gasteiger partial charge in [-0.2, -0.15) is 0 Å². The summed E-state index contributed by atoms with van der Waals surface area (Å²) in [5, 5.41) is 17.8. The lowest BCUT2D eigenvalue weighted by Crippen LogP contribution is -2.29. The van der Waals surface area contributed by atoms with Crippen molar-refractivity contribution in [3.8, 4) is 0 Å². The molecule has 0 amide bonds. The second-order valence-corrected chi connectivity index (χ2v) is 4.41. The van der Waals surface area contributed by atoms with E-state index in [1.807, 2.05) is 0 Å². The molecule has 0 rings (SSSR count). The minimum absolute atomic E-state index is 0.0394. The van der Waals surface area contributed by atoms with Gasteiger partial charge in [-0.3, -0.25) is 0 Å². The van der Waals surface area contributed by atoms with Gasteiger partial charge in [0.2, 0.25) is 0 Å². The zero-order valence-corrected chi connectivity index (χ0v) is 9.23. The maximum absolute atomic E-state index is 8.58. The lowest BCUT2D eigenvalue weighted by atomic mass is 10.3. The van der Waals surface area contributed by atoms with Gasteiger partial charge in [-0.1, -0.05) is 47.8 Å². The Morgan fingerprint density at radius 2 is 1.67 bits per heavy atom. The standard InChI is InChI=1S/C4H7Br3O2/c5-1-2(6)3(7)4(8)9/h2-4,8-9H,1H2. The van der Waals surface area contributed by atoms with Crippen molar-refractivity contribution in [2.75, 3.05) is 5.33 Å². The molecule has 5 heteroatoms. The van der Waals surface area contributed by atoms with Crippen LogP contribution in [0.3, 0.4) is 0 Å². The first-order valence-corrected chi connectivity index (χ1v) is 5.25. The van der Waals surface area contributed by atoms with Gasteiger partial charge < -0.3 is 10.2 Å². The Morgan fingerprint density at radius 3 is 1.78 bits per heavy atom. The Labute approximate surface area is 79.0 Å². The Kier molecular flexibility index (Phi) is 5.84. The van der Waals surface area contributed by atoms with E-state index in [1.54, 1.807) is 0 Å². The smallest absolute Gasteiger partial charge is 0.165 e. The number of hydrogen-bond donors (Lipinski definition) is 2. The molecule has 0 bridgehead atoms. The van der Waals surface area contributed by atoms with Crippen LogP contribution in [-0.4, -0.2) is 31.5 Å². The van der Waals surface area contributed by atoms with Crippen LogP contribution in [0.5, 0.6) is 0 Å². The van der Waals surface area contributed by atoms with E-state index >= 15 is 0 Å². The molecule has 0 radical (unpaired) electrons. The molecular weight excluding hydrogens is 320 g/mol. The van der Waals surface area contributed by atoms with Crippen LogP contribution in [0.25, 0.3) is 0 Å². The van der Waals surface area contributed by atoms with Gasteiger partial charge in [0.05, 0.1) is 4.83 Å². The monoisotopic (exact) mass is 324 g/mol. The van der Waals surface area contributed by atoms with Crippen molar-refractivity contribution in [3.05, 3.63) is 0 Å². The Morgan fingerprint density at radius 1 is 1.22 bits per heavy atom. The number of aliphatic hydroxyl groups is 2. The highest BCUT2D eigenvalue weighted by atomic mass is 79.9. The largest absolute Gasteiger partial charge is 0.367 e. The van der Waals surface area contributed by atoms with E-state index in [-0.39, 0.29) is 9.65 Å². The molecule has 56 valence electrons. The number of hydrogen-bond acceptors (Lipinski definition) is 2. The summed E-state index contributed by atoms with van der Waals surface area (Å²) in [5.41, 5.74) is 0. The van der Waals surface area contributed by atoms with Gasteiger partial charge in [0.15, 0.2) is 6.29 Å². The van der Waals surface area contributed by atoms with Crippen molar-refractivity contribution in [2.24, 2.45) is 0 Å². The molecule has 2 atom stereocenters. The fraction of sp³-hybridized carbons (Fsp3) is 1.00. The number of halogens is 3. The molecule has 0 heterocycles. The van der Waals surface area contributed by atoms with Crippen molar-refractivity contribution in [1.82, 2.24) is 0 Å². The molecule has 0 saturated carbocycles. The maximum atomic E-state index is 8.58. The van der Waals surface area contributed by atoms with E-state index in [1.165, 1.54) is 0 Å². The third kappa shape index (κ3) is 3.93. The number of rotatable bonds is 3. The van der Waals surface area contributed by atoms with Crippen molar-refractivity contribution in [2.45, 2.75) is 15.9 Å². The lowest BCUT2D eigenvalue weighted by Gasteiger charge is -2.15. The molecule has 0 aromatic rings. The van der Waals surface area contributed by atoms with E-state index in [0.717, 1.165) is 0 Å². The number of aliphatic hydroxyl groups excluding tert-OH is 1. The predicted octanol–water partition coefficient (Wildman–Crippen LogP) is 1.22. The van der Waals surface area contributed by atoms with Crippen molar-refractivity contribution in [1.29, 1.82) is 0 Å². The Bertz CT molecular complexity index is 78.2. The molecule has 0 spiro atoms. The maximum Gasteiger partial charge on any atom is 0.165 e. The summed E-state index contributed by atoms with van der Waals surface area (Å²) in [6.45, 7) is 0. The summed E-state index contributed by atoms with van der Waals surface area (Å²) in [6, 6.07) is 0. The third-order valence-corrected chi connectivity index (χ3v) is 5.06. The molecule has 0 aliphatic heterocycles. The molecule has 0 aromatic heterocycles. The minimum Gasteiger partial charge on any atom is -0.367 e. The van der Waals surface area contributed by atoms with Gasteiger partial charge in [-0.25, -0.2) is 0 Å².